The molecule has 4 aliphatic rings. The van der Waals surface area contributed by atoms with Crippen molar-refractivity contribution in [1.29, 1.82) is 0 Å². The van der Waals surface area contributed by atoms with E-state index in [0.717, 1.165) is 36.5 Å². The zero-order chi connectivity index (χ0) is 41.3. The number of ether oxygens (including phenoxy) is 2. The molecule has 0 radical (unpaired) electrons. The minimum absolute atomic E-state index is 0.0942. The van der Waals surface area contributed by atoms with Crippen LogP contribution in [-0.4, -0.2) is 89.7 Å². The van der Waals surface area contributed by atoms with Crippen LogP contribution in [0.25, 0.3) is 22.3 Å². The van der Waals surface area contributed by atoms with Gasteiger partial charge < -0.3 is 30.3 Å². The molecule has 2 aliphatic heterocycles. The van der Waals surface area contributed by atoms with Gasteiger partial charge in [0, 0.05) is 47.0 Å². The number of nitrogens with zero attached hydrogens (tertiary/aromatic N) is 3. The number of hydrogen-bond donors (Lipinski definition) is 4. The van der Waals surface area contributed by atoms with Gasteiger partial charge in [-0.2, -0.15) is 0 Å². The molecule has 2 aromatic carbocycles. The van der Waals surface area contributed by atoms with Crippen LogP contribution in [0.2, 0.25) is 0 Å². The highest BCUT2D eigenvalue weighted by atomic mass is 32.2. The number of sulfonamides is 1. The Morgan fingerprint density at radius 1 is 1.02 bits per heavy atom. The standard InChI is InChI=1S/C43H51N7O7S2/c1-26(2)44-42-47-36(25-58-42)35-22-38(32-19-16-29(56-3)20-34(32)46-35)57-30-21-37-39(51)48-43(41(53)49-59(54,55)31-17-18-31)23-27(43)12-8-5-4-6-11-15-33(40(52)50(37)24-30)45-28-13-9-7-10-14-28/h7-10,12-14,16,19-20,22,25-27,30-31,33,37,45H,4-6,11,15,17-18,21,23-24H2,1-3H3,(H,44,47)(H,48,51)(H,49,53)/t27-,30-,33+,37+,43-/m1/s1. The first-order valence-corrected chi connectivity index (χ1v) is 22.9. The summed E-state index contributed by atoms with van der Waals surface area (Å²) in [5.74, 6) is -0.804. The SMILES string of the molecule is COc1ccc2c(O[C@@H]3C[C@H]4C(=O)N[C@]5(C(=O)NS(=O)(=O)C6CC6)C[C@H]5C=CCCCCC[C@H](Nc5ccccc5)C(=O)N4C3)cc(-c3csc(NC(C)C)n3)nc2c1. The number of aromatic nitrogens is 2. The topological polar surface area (TPSA) is 181 Å². The number of carbonyl (C=O) groups excluding carboxylic acids is 3. The van der Waals surface area contributed by atoms with E-state index >= 15 is 0 Å². The fourth-order valence-corrected chi connectivity index (χ4v) is 10.2. The maximum Gasteiger partial charge on any atom is 0.259 e. The highest BCUT2D eigenvalue weighted by Crippen LogP contribution is 2.46. The smallest absolute Gasteiger partial charge is 0.259 e. The first-order chi connectivity index (χ1) is 28.4. The van der Waals surface area contributed by atoms with Crippen LogP contribution in [0, 0.1) is 5.92 Å². The third-order valence-electron chi connectivity index (χ3n) is 11.4. The first kappa shape index (κ1) is 40.6. The Morgan fingerprint density at radius 3 is 2.59 bits per heavy atom. The number of nitrogens with one attached hydrogen (secondary N) is 4. The Labute approximate surface area is 348 Å². The summed E-state index contributed by atoms with van der Waals surface area (Å²) in [6.45, 7) is 4.18. The minimum Gasteiger partial charge on any atom is -0.497 e. The average molecular weight is 842 g/mol. The summed E-state index contributed by atoms with van der Waals surface area (Å²) in [5, 5.41) is 12.6. The van der Waals surface area contributed by atoms with E-state index in [0.29, 0.717) is 53.1 Å². The number of pyridine rings is 1. The molecule has 4 heterocycles. The van der Waals surface area contributed by atoms with Gasteiger partial charge in [0.15, 0.2) is 5.13 Å². The van der Waals surface area contributed by atoms with Crippen LogP contribution in [0.15, 0.2) is 72.1 Å². The van der Waals surface area contributed by atoms with Crippen LogP contribution in [0.1, 0.15) is 71.6 Å². The van der Waals surface area contributed by atoms with Crippen LogP contribution in [0.3, 0.4) is 0 Å². The molecule has 3 amide bonds. The number of thiazole rings is 1. The molecule has 4 aromatic rings. The quantitative estimate of drug-likeness (QED) is 0.130. The number of hydrogen-bond acceptors (Lipinski definition) is 12. The summed E-state index contributed by atoms with van der Waals surface area (Å²) < 4.78 is 40.5. The van der Waals surface area contributed by atoms with Crippen LogP contribution in [-0.2, 0) is 24.4 Å². The largest absolute Gasteiger partial charge is 0.497 e. The Kier molecular flexibility index (Phi) is 11.5. The third-order valence-corrected chi connectivity index (χ3v) is 14.0. The minimum atomic E-state index is -3.88. The molecule has 4 N–H and O–H groups in total. The zero-order valence-corrected chi connectivity index (χ0v) is 35.1. The van der Waals surface area contributed by atoms with Crippen molar-refractivity contribution in [2.24, 2.45) is 5.92 Å². The van der Waals surface area contributed by atoms with Gasteiger partial charge >= 0.3 is 0 Å². The highest BCUT2D eigenvalue weighted by molar-refractivity contribution is 7.91. The number of fused-ring (bicyclic) bond motifs is 3. The molecule has 0 bridgehead atoms. The van der Waals surface area contributed by atoms with Crippen molar-refractivity contribution >= 4 is 60.8 Å². The number of amides is 3. The maximum atomic E-state index is 14.8. The average Bonchev–Trinajstić information content (AvgIpc) is 4.10. The predicted octanol–water partition coefficient (Wildman–Crippen LogP) is 6.02. The highest BCUT2D eigenvalue weighted by Gasteiger charge is 2.62. The number of methoxy groups -OCH3 is 1. The molecule has 2 saturated carbocycles. The lowest BCUT2D eigenvalue weighted by Gasteiger charge is -2.30. The number of allylic oxidation sites excluding steroid dienone is 1. The van der Waals surface area contributed by atoms with Crippen LogP contribution in [0.4, 0.5) is 10.8 Å². The van der Waals surface area contributed by atoms with Crippen molar-refractivity contribution in [3.8, 4) is 22.9 Å². The number of anilines is 2. The molecule has 2 aliphatic carbocycles. The molecule has 0 unspecified atom stereocenters. The van der Waals surface area contributed by atoms with E-state index < -0.39 is 56.7 Å². The molecule has 1 saturated heterocycles. The normalized spacial score (nSPS) is 25.0. The van der Waals surface area contributed by atoms with E-state index in [9.17, 15) is 22.8 Å². The first-order valence-electron chi connectivity index (χ1n) is 20.5. The van der Waals surface area contributed by atoms with Gasteiger partial charge in [-0.15, -0.1) is 11.3 Å². The second kappa shape index (κ2) is 16.8. The molecule has 16 heteroatoms. The fourth-order valence-electron chi connectivity index (χ4n) is 8.00. The van der Waals surface area contributed by atoms with E-state index in [1.807, 2.05) is 86.0 Å². The molecule has 3 fully saturated rings. The molecular weight excluding hydrogens is 791 g/mol. The van der Waals surface area contributed by atoms with Crippen molar-refractivity contribution in [3.63, 3.8) is 0 Å². The van der Waals surface area contributed by atoms with Gasteiger partial charge in [-0.1, -0.05) is 43.2 Å². The number of para-hydroxylation sites is 1. The van der Waals surface area contributed by atoms with Crippen LogP contribution < -0.4 is 30.1 Å². The van der Waals surface area contributed by atoms with Gasteiger partial charge in [-0.3, -0.25) is 19.1 Å². The third kappa shape index (κ3) is 9.03. The number of benzene rings is 2. The van der Waals surface area contributed by atoms with Crippen molar-refractivity contribution in [2.75, 3.05) is 24.3 Å². The van der Waals surface area contributed by atoms with Crippen LogP contribution in [0.5, 0.6) is 11.5 Å². The van der Waals surface area contributed by atoms with E-state index in [1.54, 1.807) is 12.0 Å². The van der Waals surface area contributed by atoms with E-state index in [1.165, 1.54) is 11.3 Å². The second-order valence-electron chi connectivity index (χ2n) is 16.3. The second-order valence-corrected chi connectivity index (χ2v) is 19.1. The van der Waals surface area contributed by atoms with Gasteiger partial charge in [-0.05, 0) is 76.6 Å². The lowest BCUT2D eigenvalue weighted by atomic mass is 10.0. The van der Waals surface area contributed by atoms with Crippen molar-refractivity contribution in [3.05, 3.63) is 72.1 Å². The Hall–Kier alpha value is -5.22. The summed E-state index contributed by atoms with van der Waals surface area (Å²) in [5.41, 5.74) is 1.20. The van der Waals surface area contributed by atoms with Gasteiger partial charge in [-0.25, -0.2) is 18.4 Å². The summed E-state index contributed by atoms with van der Waals surface area (Å²) >= 11 is 1.48. The Bertz CT molecular complexity index is 2350. The molecule has 14 nitrogen and oxygen atoms in total. The van der Waals surface area contributed by atoms with Crippen molar-refractivity contribution < 1.29 is 32.3 Å². The van der Waals surface area contributed by atoms with Crippen molar-refractivity contribution in [2.45, 2.75) is 107 Å². The molecule has 5 atom stereocenters. The Balaban J connectivity index is 1.13. The van der Waals surface area contributed by atoms with E-state index in [2.05, 4.69) is 20.7 Å². The number of rotatable bonds is 11. The predicted molar refractivity (Wildman–Crippen MR) is 228 cm³/mol. The summed E-state index contributed by atoms with van der Waals surface area (Å²) in [7, 11) is -2.28. The van der Waals surface area contributed by atoms with Gasteiger partial charge in [0.1, 0.15) is 40.9 Å². The van der Waals surface area contributed by atoms with E-state index in [4.69, 9.17) is 19.4 Å². The molecule has 8 rings (SSSR count). The molecule has 59 heavy (non-hydrogen) atoms. The Morgan fingerprint density at radius 2 is 1.83 bits per heavy atom. The molecule has 0 spiro atoms. The lowest BCUT2D eigenvalue weighted by Crippen LogP contribution is -2.57. The summed E-state index contributed by atoms with van der Waals surface area (Å²) in [6.07, 6.45) is 8.50. The van der Waals surface area contributed by atoms with Crippen LogP contribution >= 0.6 is 11.3 Å². The van der Waals surface area contributed by atoms with Gasteiger partial charge in [0.25, 0.3) is 5.91 Å². The maximum absolute atomic E-state index is 14.8. The van der Waals surface area contributed by atoms with E-state index in [-0.39, 0.29) is 31.3 Å². The lowest BCUT2D eigenvalue weighted by molar-refractivity contribution is -0.140. The summed E-state index contributed by atoms with van der Waals surface area (Å²) in [4.78, 5) is 54.6. The zero-order valence-electron chi connectivity index (χ0n) is 33.5. The summed E-state index contributed by atoms with van der Waals surface area (Å²) in [6, 6.07) is 15.4. The fraction of sp³-hybridized carbons (Fsp3) is 0.465. The molecule has 2 aromatic heterocycles. The van der Waals surface area contributed by atoms with Gasteiger partial charge in [0.05, 0.1) is 30.1 Å². The monoisotopic (exact) mass is 841 g/mol. The van der Waals surface area contributed by atoms with Gasteiger partial charge in [0.2, 0.25) is 21.8 Å². The van der Waals surface area contributed by atoms with Crippen molar-refractivity contribution in [1.82, 2.24) is 24.9 Å². The molecule has 312 valence electrons. The number of carbonyl (C=O) groups is 3. The molecular formula is C43H51N7O7S2.